The van der Waals surface area contributed by atoms with Gasteiger partial charge in [0.05, 0.1) is 0 Å². The van der Waals surface area contributed by atoms with E-state index in [2.05, 4.69) is 44.8 Å². The predicted octanol–water partition coefficient (Wildman–Crippen LogP) is 3.28. The highest BCUT2D eigenvalue weighted by Crippen LogP contribution is 2.23. The van der Waals surface area contributed by atoms with Gasteiger partial charge in [0.15, 0.2) is 0 Å². The summed E-state index contributed by atoms with van der Waals surface area (Å²) < 4.78 is 0. The SMILES string of the molecule is CCCC(C)(C)N1CCCNC(CC(C)C)C1. The monoisotopic (exact) mass is 240 g/mol. The van der Waals surface area contributed by atoms with E-state index in [9.17, 15) is 0 Å². The first kappa shape index (κ1) is 15.0. The van der Waals surface area contributed by atoms with Crippen molar-refractivity contribution in [2.24, 2.45) is 5.92 Å². The Hall–Kier alpha value is -0.0800. The van der Waals surface area contributed by atoms with E-state index in [1.807, 2.05) is 0 Å². The van der Waals surface area contributed by atoms with E-state index in [1.165, 1.54) is 45.3 Å². The summed E-state index contributed by atoms with van der Waals surface area (Å²) in [6.45, 7) is 15.4. The molecule has 0 aliphatic carbocycles. The van der Waals surface area contributed by atoms with Crippen LogP contribution in [0.1, 0.15) is 60.3 Å². The molecule has 2 nitrogen and oxygen atoms in total. The fourth-order valence-electron chi connectivity index (χ4n) is 3.04. The Kier molecular flexibility index (Phi) is 5.94. The molecule has 1 heterocycles. The van der Waals surface area contributed by atoms with Crippen LogP contribution < -0.4 is 5.32 Å². The van der Waals surface area contributed by atoms with Crippen molar-refractivity contribution >= 4 is 0 Å². The summed E-state index contributed by atoms with van der Waals surface area (Å²) in [7, 11) is 0. The Balaban J connectivity index is 2.59. The smallest absolute Gasteiger partial charge is 0.0197 e. The summed E-state index contributed by atoms with van der Waals surface area (Å²) in [5.41, 5.74) is 0.371. The quantitative estimate of drug-likeness (QED) is 0.793. The summed E-state index contributed by atoms with van der Waals surface area (Å²) in [6.07, 6.45) is 5.19. The fraction of sp³-hybridized carbons (Fsp3) is 1.00. The third-order valence-corrected chi connectivity index (χ3v) is 3.95. The molecular formula is C15H32N2. The highest BCUT2D eigenvalue weighted by atomic mass is 15.2. The van der Waals surface area contributed by atoms with E-state index in [1.54, 1.807) is 0 Å². The molecule has 0 radical (unpaired) electrons. The van der Waals surface area contributed by atoms with Crippen LogP contribution in [0.4, 0.5) is 0 Å². The number of nitrogens with one attached hydrogen (secondary N) is 1. The zero-order valence-corrected chi connectivity index (χ0v) is 12.6. The third-order valence-electron chi connectivity index (χ3n) is 3.95. The molecule has 1 unspecified atom stereocenters. The Morgan fingerprint density at radius 2 is 2.06 bits per heavy atom. The molecule has 1 aliphatic rings. The second-order valence-corrected chi connectivity index (χ2v) is 6.64. The van der Waals surface area contributed by atoms with Gasteiger partial charge in [0.2, 0.25) is 0 Å². The lowest BCUT2D eigenvalue weighted by molar-refractivity contribution is 0.105. The standard InChI is InChI=1S/C15H32N2/c1-6-8-15(4,5)17-10-7-9-16-14(12-17)11-13(2)3/h13-14,16H,6-12H2,1-5H3. The van der Waals surface area contributed by atoms with Crippen molar-refractivity contribution in [3.63, 3.8) is 0 Å². The van der Waals surface area contributed by atoms with Crippen LogP contribution >= 0.6 is 0 Å². The number of hydrogen-bond donors (Lipinski definition) is 1. The normalized spacial score (nSPS) is 24.0. The summed E-state index contributed by atoms with van der Waals surface area (Å²) in [5, 5.41) is 3.72. The van der Waals surface area contributed by atoms with Crippen LogP contribution in [0, 0.1) is 5.92 Å². The molecule has 1 aliphatic heterocycles. The molecule has 102 valence electrons. The van der Waals surface area contributed by atoms with E-state index in [0.717, 1.165) is 5.92 Å². The summed E-state index contributed by atoms with van der Waals surface area (Å²) in [4.78, 5) is 2.71. The van der Waals surface area contributed by atoms with Crippen LogP contribution in [-0.4, -0.2) is 36.1 Å². The minimum atomic E-state index is 0.371. The molecule has 17 heavy (non-hydrogen) atoms. The highest BCUT2D eigenvalue weighted by Gasteiger charge is 2.29. The molecular weight excluding hydrogens is 208 g/mol. The van der Waals surface area contributed by atoms with E-state index in [-0.39, 0.29) is 0 Å². The Morgan fingerprint density at radius 1 is 1.35 bits per heavy atom. The molecule has 1 saturated heterocycles. The zero-order chi connectivity index (χ0) is 12.9. The Labute approximate surface area is 108 Å². The molecule has 0 aromatic carbocycles. The fourth-order valence-corrected chi connectivity index (χ4v) is 3.04. The van der Waals surface area contributed by atoms with Gasteiger partial charge < -0.3 is 5.32 Å². The van der Waals surface area contributed by atoms with Gasteiger partial charge in [-0.15, -0.1) is 0 Å². The van der Waals surface area contributed by atoms with Gasteiger partial charge in [-0.3, -0.25) is 4.90 Å². The second kappa shape index (κ2) is 6.75. The lowest BCUT2D eigenvalue weighted by atomic mass is 9.94. The van der Waals surface area contributed by atoms with Crippen LogP contribution in [0.2, 0.25) is 0 Å². The van der Waals surface area contributed by atoms with Crippen LogP contribution in [0.15, 0.2) is 0 Å². The number of nitrogens with zero attached hydrogens (tertiary/aromatic N) is 1. The minimum Gasteiger partial charge on any atom is -0.313 e. The van der Waals surface area contributed by atoms with Crippen LogP contribution in [-0.2, 0) is 0 Å². The summed E-state index contributed by atoms with van der Waals surface area (Å²) >= 11 is 0. The molecule has 0 spiro atoms. The average molecular weight is 240 g/mol. The summed E-state index contributed by atoms with van der Waals surface area (Å²) in [5.74, 6) is 0.793. The van der Waals surface area contributed by atoms with Gasteiger partial charge in [-0.1, -0.05) is 27.2 Å². The first-order chi connectivity index (χ1) is 7.95. The third kappa shape index (κ3) is 4.97. The molecule has 1 atom stereocenters. The van der Waals surface area contributed by atoms with Gasteiger partial charge in [0.25, 0.3) is 0 Å². The first-order valence-electron chi connectivity index (χ1n) is 7.44. The van der Waals surface area contributed by atoms with Gasteiger partial charge in [0, 0.05) is 18.1 Å². The maximum atomic E-state index is 3.72. The zero-order valence-electron chi connectivity index (χ0n) is 12.6. The van der Waals surface area contributed by atoms with Crippen molar-refractivity contribution in [1.29, 1.82) is 0 Å². The van der Waals surface area contributed by atoms with E-state index in [0.29, 0.717) is 11.6 Å². The molecule has 1 fully saturated rings. The van der Waals surface area contributed by atoms with Gasteiger partial charge in [-0.2, -0.15) is 0 Å². The molecule has 0 aromatic rings. The predicted molar refractivity (Wildman–Crippen MR) is 76.4 cm³/mol. The lowest BCUT2D eigenvalue weighted by Gasteiger charge is -2.39. The summed E-state index contributed by atoms with van der Waals surface area (Å²) in [6, 6.07) is 0.689. The van der Waals surface area contributed by atoms with Crippen molar-refractivity contribution < 1.29 is 0 Å². The average Bonchev–Trinajstić information content (AvgIpc) is 2.42. The van der Waals surface area contributed by atoms with Gasteiger partial charge in [-0.25, -0.2) is 0 Å². The highest BCUT2D eigenvalue weighted by molar-refractivity contribution is 4.87. The van der Waals surface area contributed by atoms with E-state index in [4.69, 9.17) is 0 Å². The molecule has 1 N–H and O–H groups in total. The van der Waals surface area contributed by atoms with Crippen LogP contribution in [0.25, 0.3) is 0 Å². The van der Waals surface area contributed by atoms with Crippen molar-refractivity contribution in [3.8, 4) is 0 Å². The van der Waals surface area contributed by atoms with Gasteiger partial charge >= 0.3 is 0 Å². The Bertz CT molecular complexity index is 211. The van der Waals surface area contributed by atoms with Crippen LogP contribution in [0.5, 0.6) is 0 Å². The molecule has 0 saturated carbocycles. The maximum Gasteiger partial charge on any atom is 0.0197 e. The molecule has 0 bridgehead atoms. The first-order valence-corrected chi connectivity index (χ1v) is 7.44. The minimum absolute atomic E-state index is 0.371. The number of rotatable bonds is 5. The van der Waals surface area contributed by atoms with Crippen LogP contribution in [0.3, 0.4) is 0 Å². The van der Waals surface area contributed by atoms with Crippen molar-refractivity contribution in [1.82, 2.24) is 10.2 Å². The molecule has 1 rings (SSSR count). The molecule has 0 aromatic heterocycles. The van der Waals surface area contributed by atoms with Gasteiger partial charge in [0.1, 0.15) is 0 Å². The Morgan fingerprint density at radius 3 is 2.65 bits per heavy atom. The second-order valence-electron chi connectivity index (χ2n) is 6.64. The maximum absolute atomic E-state index is 3.72. The molecule has 0 amide bonds. The van der Waals surface area contributed by atoms with E-state index >= 15 is 0 Å². The van der Waals surface area contributed by atoms with Crippen molar-refractivity contribution in [2.75, 3.05) is 19.6 Å². The van der Waals surface area contributed by atoms with E-state index < -0.39 is 0 Å². The topological polar surface area (TPSA) is 15.3 Å². The lowest BCUT2D eigenvalue weighted by Crippen LogP contribution is -2.48. The largest absolute Gasteiger partial charge is 0.313 e. The van der Waals surface area contributed by atoms with Gasteiger partial charge in [-0.05, 0) is 52.1 Å². The van der Waals surface area contributed by atoms with Crippen molar-refractivity contribution in [3.05, 3.63) is 0 Å². The molecule has 2 heteroatoms. The number of hydrogen-bond acceptors (Lipinski definition) is 2. The van der Waals surface area contributed by atoms with Crippen molar-refractivity contribution in [2.45, 2.75) is 71.9 Å².